The van der Waals surface area contributed by atoms with Crippen LogP contribution in [0.15, 0.2) is 26.0 Å². The molecule has 0 spiro atoms. The SMILES string of the molecule is COCCCNC(=O)CCc1c(C)c2cc3c(C)coc3c(C)c2oc1=O. The first-order chi connectivity index (χ1) is 12.9. The van der Waals surface area contributed by atoms with Gasteiger partial charge in [-0.25, -0.2) is 4.79 Å². The zero-order valence-corrected chi connectivity index (χ0v) is 16.2. The summed E-state index contributed by atoms with van der Waals surface area (Å²) in [5.41, 5.74) is 4.17. The van der Waals surface area contributed by atoms with E-state index in [4.69, 9.17) is 13.6 Å². The van der Waals surface area contributed by atoms with Gasteiger partial charge in [-0.2, -0.15) is 0 Å². The number of benzene rings is 1. The molecule has 0 unspecified atom stereocenters. The van der Waals surface area contributed by atoms with Crippen LogP contribution >= 0.6 is 0 Å². The van der Waals surface area contributed by atoms with Crippen LogP contribution in [0.4, 0.5) is 0 Å². The fourth-order valence-corrected chi connectivity index (χ4v) is 3.38. The first-order valence-electron chi connectivity index (χ1n) is 9.13. The predicted molar refractivity (Wildman–Crippen MR) is 104 cm³/mol. The largest absolute Gasteiger partial charge is 0.464 e. The number of methoxy groups -OCH3 is 1. The lowest BCUT2D eigenvalue weighted by Gasteiger charge is -2.10. The molecule has 0 saturated heterocycles. The highest BCUT2D eigenvalue weighted by Gasteiger charge is 2.18. The van der Waals surface area contributed by atoms with Gasteiger partial charge in [-0.1, -0.05) is 0 Å². The minimum Gasteiger partial charge on any atom is -0.464 e. The zero-order chi connectivity index (χ0) is 19.6. The molecule has 2 heterocycles. The molecule has 2 aromatic heterocycles. The summed E-state index contributed by atoms with van der Waals surface area (Å²) in [6.07, 6.45) is 3.06. The van der Waals surface area contributed by atoms with Gasteiger partial charge in [0.1, 0.15) is 11.2 Å². The Labute approximate surface area is 157 Å². The number of rotatable bonds is 7. The fourth-order valence-electron chi connectivity index (χ4n) is 3.38. The van der Waals surface area contributed by atoms with Crippen molar-refractivity contribution in [1.29, 1.82) is 0 Å². The molecule has 0 bridgehead atoms. The van der Waals surface area contributed by atoms with Crippen molar-refractivity contribution in [3.05, 3.63) is 45.0 Å². The van der Waals surface area contributed by atoms with Crippen molar-refractivity contribution in [1.82, 2.24) is 5.32 Å². The molecular formula is C21H25NO5. The van der Waals surface area contributed by atoms with Crippen molar-refractivity contribution >= 4 is 27.8 Å². The van der Waals surface area contributed by atoms with E-state index in [1.807, 2.05) is 26.8 Å². The van der Waals surface area contributed by atoms with E-state index in [0.717, 1.165) is 39.5 Å². The molecule has 3 rings (SSSR count). The van der Waals surface area contributed by atoms with Crippen molar-refractivity contribution in [3.63, 3.8) is 0 Å². The van der Waals surface area contributed by atoms with E-state index in [9.17, 15) is 9.59 Å². The van der Waals surface area contributed by atoms with Gasteiger partial charge in [0.25, 0.3) is 0 Å². The summed E-state index contributed by atoms with van der Waals surface area (Å²) in [6, 6.07) is 2.00. The van der Waals surface area contributed by atoms with Gasteiger partial charge in [0, 0.05) is 48.6 Å². The molecular weight excluding hydrogens is 346 g/mol. The number of aryl methyl sites for hydroxylation is 3. The Hall–Kier alpha value is -2.60. The van der Waals surface area contributed by atoms with Gasteiger partial charge >= 0.3 is 5.63 Å². The Kier molecular flexibility index (Phi) is 5.65. The van der Waals surface area contributed by atoms with Gasteiger partial charge in [-0.05, 0) is 50.8 Å². The zero-order valence-electron chi connectivity index (χ0n) is 16.2. The second-order valence-electron chi connectivity index (χ2n) is 6.86. The maximum absolute atomic E-state index is 12.5. The van der Waals surface area contributed by atoms with Gasteiger partial charge in [-0.15, -0.1) is 0 Å². The third-order valence-electron chi connectivity index (χ3n) is 4.98. The van der Waals surface area contributed by atoms with Crippen LogP contribution in [-0.4, -0.2) is 26.2 Å². The number of hydrogen-bond acceptors (Lipinski definition) is 5. The lowest BCUT2D eigenvalue weighted by Crippen LogP contribution is -2.26. The number of ether oxygens (including phenoxy) is 1. The first kappa shape index (κ1) is 19.2. The topological polar surface area (TPSA) is 81.7 Å². The lowest BCUT2D eigenvalue weighted by atomic mass is 9.98. The van der Waals surface area contributed by atoms with E-state index in [1.165, 1.54) is 0 Å². The van der Waals surface area contributed by atoms with Gasteiger partial charge < -0.3 is 18.9 Å². The molecule has 0 radical (unpaired) electrons. The summed E-state index contributed by atoms with van der Waals surface area (Å²) in [5, 5.41) is 4.74. The standard InChI is InChI=1S/C21H25NO5/c1-12-11-26-19-14(3)20-17(10-16(12)19)13(2)15(21(24)27-20)6-7-18(23)22-8-5-9-25-4/h10-11H,5-9H2,1-4H3,(H,22,23). The predicted octanol–water partition coefficient (Wildman–Crippen LogP) is 3.55. The van der Waals surface area contributed by atoms with E-state index >= 15 is 0 Å². The molecule has 0 saturated carbocycles. The molecule has 0 atom stereocenters. The summed E-state index contributed by atoms with van der Waals surface area (Å²) >= 11 is 0. The van der Waals surface area contributed by atoms with Crippen molar-refractivity contribution in [2.24, 2.45) is 0 Å². The molecule has 1 aromatic carbocycles. The van der Waals surface area contributed by atoms with E-state index in [2.05, 4.69) is 5.32 Å². The molecule has 6 nitrogen and oxygen atoms in total. The van der Waals surface area contributed by atoms with Crippen LogP contribution in [-0.2, 0) is 16.0 Å². The summed E-state index contributed by atoms with van der Waals surface area (Å²) in [5.74, 6) is -0.0812. The monoisotopic (exact) mass is 371 g/mol. The van der Waals surface area contributed by atoms with E-state index in [1.54, 1.807) is 13.4 Å². The highest BCUT2D eigenvalue weighted by molar-refractivity contribution is 5.99. The Morgan fingerprint density at radius 3 is 2.67 bits per heavy atom. The second-order valence-corrected chi connectivity index (χ2v) is 6.86. The third-order valence-corrected chi connectivity index (χ3v) is 4.98. The van der Waals surface area contributed by atoms with Crippen LogP contribution < -0.4 is 10.9 Å². The third kappa shape index (κ3) is 3.76. The molecule has 1 amide bonds. The average Bonchev–Trinajstić information content (AvgIpc) is 3.01. The van der Waals surface area contributed by atoms with E-state index < -0.39 is 5.63 Å². The van der Waals surface area contributed by atoms with Gasteiger partial charge in [0.2, 0.25) is 5.91 Å². The Balaban J connectivity index is 1.88. The molecule has 0 aliphatic carbocycles. The molecule has 144 valence electrons. The van der Waals surface area contributed by atoms with Gasteiger partial charge in [0.15, 0.2) is 0 Å². The molecule has 0 fully saturated rings. The van der Waals surface area contributed by atoms with E-state index in [-0.39, 0.29) is 12.3 Å². The van der Waals surface area contributed by atoms with Gasteiger partial charge in [0.05, 0.1) is 6.26 Å². The summed E-state index contributed by atoms with van der Waals surface area (Å²) in [7, 11) is 1.63. The molecule has 6 heteroatoms. The second kappa shape index (κ2) is 7.96. The highest BCUT2D eigenvalue weighted by atomic mass is 16.5. The lowest BCUT2D eigenvalue weighted by molar-refractivity contribution is -0.121. The minimum absolute atomic E-state index is 0.0812. The smallest absolute Gasteiger partial charge is 0.339 e. The number of nitrogens with one attached hydrogen (secondary N) is 1. The minimum atomic E-state index is -0.391. The molecule has 3 aromatic rings. The molecule has 1 N–H and O–H groups in total. The van der Waals surface area contributed by atoms with Crippen LogP contribution in [0.5, 0.6) is 0 Å². The fraction of sp³-hybridized carbons (Fsp3) is 0.429. The van der Waals surface area contributed by atoms with Crippen molar-refractivity contribution in [3.8, 4) is 0 Å². The van der Waals surface area contributed by atoms with Crippen molar-refractivity contribution in [2.45, 2.75) is 40.0 Å². The summed E-state index contributed by atoms with van der Waals surface area (Å²) in [6.45, 7) is 6.96. The number of fused-ring (bicyclic) bond motifs is 2. The molecule has 0 aliphatic heterocycles. The summed E-state index contributed by atoms with van der Waals surface area (Å²) in [4.78, 5) is 24.5. The van der Waals surface area contributed by atoms with Crippen LogP contribution in [0.25, 0.3) is 21.9 Å². The number of amides is 1. The number of carbonyl (C=O) groups excluding carboxylic acids is 1. The van der Waals surface area contributed by atoms with Crippen molar-refractivity contribution in [2.75, 3.05) is 20.3 Å². The summed E-state index contributed by atoms with van der Waals surface area (Å²) < 4.78 is 16.2. The maximum atomic E-state index is 12.5. The highest BCUT2D eigenvalue weighted by Crippen LogP contribution is 2.32. The van der Waals surface area contributed by atoms with E-state index in [0.29, 0.717) is 30.7 Å². The Bertz CT molecular complexity index is 1040. The first-order valence-corrected chi connectivity index (χ1v) is 9.13. The number of hydrogen-bond donors (Lipinski definition) is 1. The quantitative estimate of drug-likeness (QED) is 0.507. The van der Waals surface area contributed by atoms with Crippen LogP contribution in [0.3, 0.4) is 0 Å². The maximum Gasteiger partial charge on any atom is 0.339 e. The van der Waals surface area contributed by atoms with Crippen molar-refractivity contribution < 1.29 is 18.4 Å². The van der Waals surface area contributed by atoms with Crippen LogP contribution in [0.2, 0.25) is 0 Å². The average molecular weight is 371 g/mol. The molecule has 0 aliphatic rings. The number of furan rings is 1. The normalized spacial score (nSPS) is 11.4. The number of carbonyl (C=O) groups is 1. The van der Waals surface area contributed by atoms with Gasteiger partial charge in [-0.3, -0.25) is 4.79 Å². The van der Waals surface area contributed by atoms with Crippen LogP contribution in [0.1, 0.15) is 35.1 Å². The molecule has 27 heavy (non-hydrogen) atoms. The Morgan fingerprint density at radius 2 is 1.93 bits per heavy atom. The Morgan fingerprint density at radius 1 is 1.15 bits per heavy atom. The van der Waals surface area contributed by atoms with Crippen LogP contribution in [0, 0.1) is 20.8 Å².